The number of benzene rings is 1. The van der Waals surface area contributed by atoms with Gasteiger partial charge in [0.1, 0.15) is 5.60 Å². The fourth-order valence-corrected chi connectivity index (χ4v) is 2.64. The van der Waals surface area contributed by atoms with Gasteiger partial charge in [-0.2, -0.15) is 0 Å². The fourth-order valence-electron chi connectivity index (χ4n) is 2.64. The molecule has 1 aromatic carbocycles. The predicted octanol–water partition coefficient (Wildman–Crippen LogP) is 0.844. The van der Waals surface area contributed by atoms with Gasteiger partial charge >= 0.3 is 0 Å². The zero-order valence-corrected chi connectivity index (χ0v) is 12.1. The van der Waals surface area contributed by atoms with Gasteiger partial charge in [0.05, 0.1) is 12.7 Å². The summed E-state index contributed by atoms with van der Waals surface area (Å²) in [7, 11) is 1.70. The molecular weight excluding hydrogens is 274 g/mol. The second kappa shape index (κ2) is 6.19. The van der Waals surface area contributed by atoms with Gasteiger partial charge in [-0.25, -0.2) is 0 Å². The molecule has 6 nitrogen and oxygen atoms in total. The Bertz CT molecular complexity index is 487. The van der Waals surface area contributed by atoms with Gasteiger partial charge < -0.3 is 29.4 Å². The fraction of sp³-hybridized carbons (Fsp3) is 0.600. The van der Waals surface area contributed by atoms with E-state index in [1.165, 1.54) is 0 Å². The van der Waals surface area contributed by atoms with E-state index in [0.717, 1.165) is 24.3 Å². The number of aliphatic hydroxyl groups is 1. The molecule has 0 saturated carbocycles. The molecule has 6 heteroatoms. The molecule has 1 saturated heterocycles. The minimum absolute atomic E-state index is 0.240. The highest BCUT2D eigenvalue weighted by Crippen LogP contribution is 2.34. The Balaban J connectivity index is 1.53. The molecule has 0 spiro atoms. The van der Waals surface area contributed by atoms with Gasteiger partial charge in [0.25, 0.3) is 0 Å². The van der Waals surface area contributed by atoms with E-state index in [0.29, 0.717) is 25.4 Å². The largest absolute Gasteiger partial charge is 0.454 e. The van der Waals surface area contributed by atoms with E-state index >= 15 is 0 Å². The number of aliphatic hydroxyl groups excluding tert-OH is 1. The molecule has 0 radical (unpaired) electrons. The van der Waals surface area contributed by atoms with Gasteiger partial charge in [-0.05, 0) is 17.7 Å². The highest BCUT2D eigenvalue weighted by molar-refractivity contribution is 5.45. The first-order valence-corrected chi connectivity index (χ1v) is 7.14. The first-order chi connectivity index (χ1) is 10.2. The van der Waals surface area contributed by atoms with E-state index < -0.39 is 6.10 Å². The smallest absolute Gasteiger partial charge is 0.231 e. The normalized spacial score (nSPS) is 25.2. The molecule has 1 fully saturated rings. The maximum atomic E-state index is 10.3. The third kappa shape index (κ3) is 3.13. The summed E-state index contributed by atoms with van der Waals surface area (Å²) in [6, 6.07) is 5.49. The van der Waals surface area contributed by atoms with Gasteiger partial charge in [0, 0.05) is 33.2 Å². The molecule has 1 aromatic rings. The van der Waals surface area contributed by atoms with Crippen molar-refractivity contribution in [3.05, 3.63) is 23.8 Å². The van der Waals surface area contributed by atoms with Crippen LogP contribution in [0, 0.1) is 0 Å². The monoisotopic (exact) mass is 295 g/mol. The molecule has 2 aliphatic heterocycles. The molecule has 2 aliphatic rings. The summed E-state index contributed by atoms with van der Waals surface area (Å²) in [6.07, 6.45) is 0.270. The van der Waals surface area contributed by atoms with Crippen molar-refractivity contribution in [1.29, 1.82) is 0 Å². The van der Waals surface area contributed by atoms with Crippen LogP contribution in [-0.4, -0.2) is 50.9 Å². The molecule has 3 rings (SSSR count). The third-order valence-electron chi connectivity index (χ3n) is 4.07. The Hall–Kier alpha value is -1.34. The standard InChI is InChI=1S/C15H21NO5/c1-18-15(4-5-19-9-15)8-16-7-12(17)11-2-3-13-14(6-11)21-10-20-13/h2-3,6,12,16-17H,4-5,7-10H2,1H3. The van der Waals surface area contributed by atoms with Gasteiger partial charge in [0.2, 0.25) is 6.79 Å². The van der Waals surface area contributed by atoms with Crippen LogP contribution in [0.5, 0.6) is 11.5 Å². The second-order valence-electron chi connectivity index (χ2n) is 5.45. The molecule has 0 aliphatic carbocycles. The molecule has 21 heavy (non-hydrogen) atoms. The third-order valence-corrected chi connectivity index (χ3v) is 4.07. The zero-order chi connectivity index (χ0) is 14.7. The minimum Gasteiger partial charge on any atom is -0.454 e. The summed E-state index contributed by atoms with van der Waals surface area (Å²) in [4.78, 5) is 0. The first kappa shape index (κ1) is 14.6. The van der Waals surface area contributed by atoms with Crippen LogP contribution >= 0.6 is 0 Å². The Labute approximate surface area is 124 Å². The summed E-state index contributed by atoms with van der Waals surface area (Å²) in [5.74, 6) is 1.41. The number of methoxy groups -OCH3 is 1. The van der Waals surface area contributed by atoms with Crippen LogP contribution in [0.15, 0.2) is 18.2 Å². The number of hydrogen-bond donors (Lipinski definition) is 2. The number of ether oxygens (including phenoxy) is 4. The maximum Gasteiger partial charge on any atom is 0.231 e. The molecule has 2 heterocycles. The van der Waals surface area contributed by atoms with E-state index in [1.54, 1.807) is 7.11 Å². The Morgan fingerprint density at radius 1 is 1.38 bits per heavy atom. The van der Waals surface area contributed by atoms with Gasteiger partial charge in [-0.15, -0.1) is 0 Å². The van der Waals surface area contributed by atoms with E-state index in [4.69, 9.17) is 18.9 Å². The van der Waals surface area contributed by atoms with E-state index in [2.05, 4.69) is 5.32 Å². The number of nitrogens with one attached hydrogen (secondary N) is 1. The van der Waals surface area contributed by atoms with Gasteiger partial charge in [-0.1, -0.05) is 6.07 Å². The van der Waals surface area contributed by atoms with Crippen LogP contribution in [0.1, 0.15) is 18.1 Å². The topological polar surface area (TPSA) is 69.2 Å². The lowest BCUT2D eigenvalue weighted by molar-refractivity contribution is -0.0173. The summed E-state index contributed by atoms with van der Waals surface area (Å²) < 4.78 is 21.5. The molecule has 116 valence electrons. The highest BCUT2D eigenvalue weighted by Gasteiger charge is 2.34. The van der Waals surface area contributed by atoms with E-state index in [1.807, 2.05) is 18.2 Å². The summed E-state index contributed by atoms with van der Waals surface area (Å²) in [6.45, 7) is 2.66. The Morgan fingerprint density at radius 2 is 2.24 bits per heavy atom. The zero-order valence-electron chi connectivity index (χ0n) is 12.1. The predicted molar refractivity (Wildman–Crippen MR) is 75.6 cm³/mol. The van der Waals surface area contributed by atoms with Crippen molar-refractivity contribution in [2.45, 2.75) is 18.1 Å². The Morgan fingerprint density at radius 3 is 3.00 bits per heavy atom. The number of rotatable bonds is 6. The van der Waals surface area contributed by atoms with Crippen LogP contribution < -0.4 is 14.8 Å². The number of fused-ring (bicyclic) bond motifs is 1. The van der Waals surface area contributed by atoms with Crippen molar-refractivity contribution in [1.82, 2.24) is 5.32 Å². The second-order valence-corrected chi connectivity index (χ2v) is 5.45. The summed E-state index contributed by atoms with van der Waals surface area (Å²) in [5, 5.41) is 13.5. The lowest BCUT2D eigenvalue weighted by atomic mass is 10.0. The van der Waals surface area contributed by atoms with Crippen molar-refractivity contribution in [3.8, 4) is 11.5 Å². The van der Waals surface area contributed by atoms with E-state index in [9.17, 15) is 5.11 Å². The quantitative estimate of drug-likeness (QED) is 0.811. The molecule has 2 N–H and O–H groups in total. The average molecular weight is 295 g/mol. The van der Waals surface area contributed by atoms with Crippen LogP contribution in [-0.2, 0) is 9.47 Å². The molecule has 0 bridgehead atoms. The van der Waals surface area contributed by atoms with Crippen molar-refractivity contribution in [2.75, 3.05) is 40.2 Å². The summed E-state index contributed by atoms with van der Waals surface area (Å²) >= 11 is 0. The first-order valence-electron chi connectivity index (χ1n) is 7.14. The van der Waals surface area contributed by atoms with Crippen molar-refractivity contribution in [2.24, 2.45) is 0 Å². The minimum atomic E-state index is -0.601. The lowest BCUT2D eigenvalue weighted by Crippen LogP contribution is -2.44. The molecule has 0 aromatic heterocycles. The molecule has 0 amide bonds. The summed E-state index contributed by atoms with van der Waals surface area (Å²) in [5.41, 5.74) is 0.537. The maximum absolute atomic E-state index is 10.3. The van der Waals surface area contributed by atoms with Crippen molar-refractivity contribution >= 4 is 0 Å². The Kier molecular flexibility index (Phi) is 4.30. The lowest BCUT2D eigenvalue weighted by Gasteiger charge is -2.26. The van der Waals surface area contributed by atoms with Crippen LogP contribution in [0.25, 0.3) is 0 Å². The van der Waals surface area contributed by atoms with Crippen molar-refractivity contribution in [3.63, 3.8) is 0 Å². The van der Waals surface area contributed by atoms with Crippen LogP contribution in [0.3, 0.4) is 0 Å². The van der Waals surface area contributed by atoms with Gasteiger partial charge in [0.15, 0.2) is 11.5 Å². The van der Waals surface area contributed by atoms with Gasteiger partial charge in [-0.3, -0.25) is 0 Å². The number of hydrogen-bond acceptors (Lipinski definition) is 6. The molecule has 2 unspecified atom stereocenters. The highest BCUT2D eigenvalue weighted by atomic mass is 16.7. The van der Waals surface area contributed by atoms with Crippen LogP contribution in [0.4, 0.5) is 0 Å². The SMILES string of the molecule is COC1(CNCC(O)c2ccc3c(c2)OCO3)CCOC1. The van der Waals surface area contributed by atoms with E-state index in [-0.39, 0.29) is 12.4 Å². The van der Waals surface area contributed by atoms with Crippen LogP contribution in [0.2, 0.25) is 0 Å². The van der Waals surface area contributed by atoms with Crippen molar-refractivity contribution < 1.29 is 24.1 Å². The molecular formula is C15H21NO5. The molecule has 2 atom stereocenters. The average Bonchev–Trinajstić information content (AvgIpc) is 3.15.